The summed E-state index contributed by atoms with van der Waals surface area (Å²) in [5.74, 6) is 1.14. The first-order chi connectivity index (χ1) is 12.3. The van der Waals surface area contributed by atoms with Crippen molar-refractivity contribution < 1.29 is 19.1 Å². The monoisotopic (exact) mass is 475 g/mol. The van der Waals surface area contributed by atoms with Crippen molar-refractivity contribution >= 4 is 34.4 Å². The standard InChI is InChI=1S/C18H26IN3O4/c1-12(2)20-17(23)11-21-5-7-22(8-6-21)18(24)13-9-15(25-3)16(26-4)10-14(13)19/h9-10,12H,5-8,11H2,1-4H3,(H,20,23). The predicted octanol–water partition coefficient (Wildman–Crippen LogP) is 1.59. The number of halogens is 1. The van der Waals surface area contributed by atoms with Crippen molar-refractivity contribution in [3.05, 3.63) is 21.3 Å². The van der Waals surface area contributed by atoms with E-state index in [1.807, 2.05) is 18.7 Å². The summed E-state index contributed by atoms with van der Waals surface area (Å²) < 4.78 is 11.4. The Morgan fingerprint density at radius 2 is 1.69 bits per heavy atom. The molecule has 2 amide bonds. The topological polar surface area (TPSA) is 71.1 Å². The Hall–Kier alpha value is -1.55. The number of rotatable bonds is 6. The summed E-state index contributed by atoms with van der Waals surface area (Å²) in [6.45, 7) is 6.81. The van der Waals surface area contributed by atoms with E-state index in [9.17, 15) is 9.59 Å². The van der Waals surface area contributed by atoms with Crippen LogP contribution in [0.25, 0.3) is 0 Å². The van der Waals surface area contributed by atoms with Gasteiger partial charge in [-0.25, -0.2) is 0 Å². The molecule has 0 aromatic heterocycles. The maximum absolute atomic E-state index is 12.9. The number of carbonyl (C=O) groups is 2. The summed E-state index contributed by atoms with van der Waals surface area (Å²) in [6, 6.07) is 3.67. The number of carbonyl (C=O) groups excluding carboxylic acids is 2. The van der Waals surface area contributed by atoms with Gasteiger partial charge in [0.25, 0.3) is 5.91 Å². The van der Waals surface area contributed by atoms with Crippen LogP contribution >= 0.6 is 22.6 Å². The molecule has 144 valence electrons. The van der Waals surface area contributed by atoms with Crippen LogP contribution in [0.4, 0.5) is 0 Å². The second-order valence-corrected chi connectivity index (χ2v) is 7.64. The van der Waals surface area contributed by atoms with Gasteiger partial charge in [-0.15, -0.1) is 0 Å². The molecule has 1 N–H and O–H groups in total. The predicted molar refractivity (Wildman–Crippen MR) is 108 cm³/mol. The van der Waals surface area contributed by atoms with E-state index < -0.39 is 0 Å². The molecule has 0 spiro atoms. The van der Waals surface area contributed by atoms with Crippen molar-refractivity contribution in [2.45, 2.75) is 19.9 Å². The minimum Gasteiger partial charge on any atom is -0.493 e. The van der Waals surface area contributed by atoms with Gasteiger partial charge in [-0.3, -0.25) is 14.5 Å². The molecular weight excluding hydrogens is 449 g/mol. The van der Waals surface area contributed by atoms with Crippen LogP contribution in [0.3, 0.4) is 0 Å². The van der Waals surface area contributed by atoms with Crippen molar-refractivity contribution in [2.75, 3.05) is 46.9 Å². The lowest BCUT2D eigenvalue weighted by molar-refractivity contribution is -0.123. The van der Waals surface area contributed by atoms with Crippen LogP contribution in [-0.2, 0) is 4.79 Å². The molecule has 0 saturated carbocycles. The fraction of sp³-hybridized carbons (Fsp3) is 0.556. The van der Waals surface area contributed by atoms with Crippen molar-refractivity contribution in [3.8, 4) is 11.5 Å². The highest BCUT2D eigenvalue weighted by Crippen LogP contribution is 2.32. The molecule has 0 aliphatic carbocycles. The molecule has 0 radical (unpaired) electrons. The van der Waals surface area contributed by atoms with Crippen LogP contribution in [0.5, 0.6) is 11.5 Å². The molecular formula is C18H26IN3O4. The molecule has 1 heterocycles. The Balaban J connectivity index is 1.99. The second-order valence-electron chi connectivity index (χ2n) is 6.48. The molecule has 1 aromatic carbocycles. The Morgan fingerprint density at radius 1 is 1.12 bits per heavy atom. The molecule has 1 aromatic rings. The van der Waals surface area contributed by atoms with E-state index in [1.54, 1.807) is 26.4 Å². The van der Waals surface area contributed by atoms with E-state index in [4.69, 9.17) is 9.47 Å². The lowest BCUT2D eigenvalue weighted by atomic mass is 10.1. The highest BCUT2D eigenvalue weighted by atomic mass is 127. The minimum atomic E-state index is -0.0263. The lowest BCUT2D eigenvalue weighted by Crippen LogP contribution is -2.51. The van der Waals surface area contributed by atoms with Gasteiger partial charge >= 0.3 is 0 Å². The number of nitrogens with zero attached hydrogens (tertiary/aromatic N) is 2. The first-order valence-electron chi connectivity index (χ1n) is 8.58. The number of methoxy groups -OCH3 is 2. The highest BCUT2D eigenvalue weighted by molar-refractivity contribution is 14.1. The largest absolute Gasteiger partial charge is 0.493 e. The van der Waals surface area contributed by atoms with Crippen molar-refractivity contribution in [3.63, 3.8) is 0 Å². The molecule has 1 aliphatic rings. The van der Waals surface area contributed by atoms with Crippen molar-refractivity contribution in [1.29, 1.82) is 0 Å². The molecule has 2 rings (SSSR count). The van der Waals surface area contributed by atoms with Crippen LogP contribution in [0.15, 0.2) is 12.1 Å². The summed E-state index contributed by atoms with van der Waals surface area (Å²) in [7, 11) is 3.13. The molecule has 1 fully saturated rings. The average Bonchev–Trinajstić information content (AvgIpc) is 2.60. The summed E-state index contributed by atoms with van der Waals surface area (Å²) >= 11 is 2.14. The van der Waals surface area contributed by atoms with E-state index in [0.717, 1.165) is 3.57 Å². The Morgan fingerprint density at radius 3 is 2.23 bits per heavy atom. The van der Waals surface area contributed by atoms with E-state index >= 15 is 0 Å². The maximum Gasteiger partial charge on any atom is 0.255 e. The number of hydrogen-bond donors (Lipinski definition) is 1. The second kappa shape index (κ2) is 9.40. The van der Waals surface area contributed by atoms with Crippen LogP contribution in [0.2, 0.25) is 0 Å². The molecule has 0 unspecified atom stereocenters. The maximum atomic E-state index is 12.9. The number of amides is 2. The third-order valence-electron chi connectivity index (χ3n) is 4.18. The zero-order chi connectivity index (χ0) is 19.3. The van der Waals surface area contributed by atoms with Crippen molar-refractivity contribution in [2.24, 2.45) is 0 Å². The van der Waals surface area contributed by atoms with Crippen LogP contribution in [0.1, 0.15) is 24.2 Å². The Labute approximate surface area is 168 Å². The average molecular weight is 475 g/mol. The quantitative estimate of drug-likeness (QED) is 0.634. The Bertz CT molecular complexity index is 658. The van der Waals surface area contributed by atoms with Gasteiger partial charge in [0.2, 0.25) is 5.91 Å². The number of ether oxygens (including phenoxy) is 2. The zero-order valence-electron chi connectivity index (χ0n) is 15.7. The van der Waals surface area contributed by atoms with Gasteiger partial charge in [0.05, 0.1) is 26.3 Å². The fourth-order valence-electron chi connectivity index (χ4n) is 2.87. The van der Waals surface area contributed by atoms with Gasteiger partial charge in [0.15, 0.2) is 11.5 Å². The van der Waals surface area contributed by atoms with Gasteiger partial charge in [-0.05, 0) is 48.6 Å². The van der Waals surface area contributed by atoms with Gasteiger partial charge in [-0.1, -0.05) is 0 Å². The fourth-order valence-corrected chi connectivity index (χ4v) is 3.54. The van der Waals surface area contributed by atoms with Gasteiger partial charge in [0, 0.05) is 35.8 Å². The zero-order valence-corrected chi connectivity index (χ0v) is 17.8. The molecule has 26 heavy (non-hydrogen) atoms. The lowest BCUT2D eigenvalue weighted by Gasteiger charge is -2.34. The van der Waals surface area contributed by atoms with Gasteiger partial charge < -0.3 is 19.7 Å². The minimum absolute atomic E-state index is 0.0224. The smallest absolute Gasteiger partial charge is 0.255 e. The first kappa shape index (κ1) is 20.8. The third-order valence-corrected chi connectivity index (χ3v) is 5.07. The summed E-state index contributed by atoms with van der Waals surface area (Å²) in [5, 5.41) is 2.89. The van der Waals surface area contributed by atoms with Crippen LogP contribution < -0.4 is 14.8 Å². The Kier molecular flexibility index (Phi) is 7.51. The SMILES string of the molecule is COc1cc(I)c(C(=O)N2CCN(CC(=O)NC(C)C)CC2)cc1OC. The summed E-state index contributed by atoms with van der Waals surface area (Å²) in [6.07, 6.45) is 0. The summed E-state index contributed by atoms with van der Waals surface area (Å²) in [5.41, 5.74) is 0.606. The summed E-state index contributed by atoms with van der Waals surface area (Å²) in [4.78, 5) is 28.7. The molecule has 1 saturated heterocycles. The van der Waals surface area contributed by atoms with E-state index in [1.165, 1.54) is 0 Å². The van der Waals surface area contributed by atoms with Crippen LogP contribution in [0, 0.1) is 3.57 Å². The molecule has 8 heteroatoms. The molecule has 1 aliphatic heterocycles. The van der Waals surface area contributed by atoms with E-state index in [-0.39, 0.29) is 17.9 Å². The number of nitrogens with one attached hydrogen (secondary N) is 1. The molecule has 7 nitrogen and oxygen atoms in total. The molecule has 0 bridgehead atoms. The van der Waals surface area contributed by atoms with Gasteiger partial charge in [-0.2, -0.15) is 0 Å². The number of hydrogen-bond acceptors (Lipinski definition) is 5. The highest BCUT2D eigenvalue weighted by Gasteiger charge is 2.25. The van der Waals surface area contributed by atoms with Crippen LogP contribution in [-0.4, -0.2) is 74.6 Å². The van der Waals surface area contributed by atoms with Crippen molar-refractivity contribution in [1.82, 2.24) is 15.1 Å². The third kappa shape index (κ3) is 5.23. The number of piperazine rings is 1. The van der Waals surface area contributed by atoms with E-state index in [0.29, 0.717) is 49.8 Å². The first-order valence-corrected chi connectivity index (χ1v) is 9.66. The van der Waals surface area contributed by atoms with Gasteiger partial charge in [0.1, 0.15) is 0 Å². The molecule has 0 atom stereocenters. The normalized spacial score (nSPS) is 15.1. The number of benzene rings is 1. The van der Waals surface area contributed by atoms with E-state index in [2.05, 4.69) is 32.8 Å².